The van der Waals surface area contributed by atoms with Gasteiger partial charge in [-0.25, -0.2) is 4.79 Å². The third-order valence-corrected chi connectivity index (χ3v) is 7.62. The number of aryl methyl sites for hydroxylation is 1. The molecular weight excluding hydrogens is 633 g/mol. The first-order chi connectivity index (χ1) is 22.7. The van der Waals surface area contributed by atoms with Crippen molar-refractivity contribution in [2.45, 2.75) is 97.5 Å². The van der Waals surface area contributed by atoms with E-state index >= 15 is 0 Å². The van der Waals surface area contributed by atoms with Crippen LogP contribution < -0.4 is 32.9 Å². The topological polar surface area (TPSA) is 162 Å². The second kappa shape index (κ2) is 16.4. The van der Waals surface area contributed by atoms with Gasteiger partial charge in [-0.3, -0.25) is 9.56 Å². The molecule has 13 heteroatoms. The molecule has 0 aliphatic rings. The lowest BCUT2D eigenvalue weighted by Gasteiger charge is -2.22. The summed E-state index contributed by atoms with van der Waals surface area (Å²) in [5.74, 6) is -0.0395. The molecule has 0 unspecified atom stereocenters. The van der Waals surface area contributed by atoms with Crippen LogP contribution in [0.25, 0.3) is 16.7 Å². The number of guanidine groups is 1. The average Bonchev–Trinajstić information content (AvgIpc) is 3.40. The molecule has 10 nitrogen and oxygen atoms in total. The first-order valence-electron chi connectivity index (χ1n) is 16.4. The number of aromatic nitrogens is 3. The summed E-state index contributed by atoms with van der Waals surface area (Å²) in [4.78, 5) is 23.9. The molecule has 2 heterocycles. The molecule has 0 aliphatic heterocycles. The maximum atomic E-state index is 12.5. The van der Waals surface area contributed by atoms with E-state index in [1.54, 1.807) is 4.57 Å². The zero-order valence-corrected chi connectivity index (χ0v) is 29.5. The predicted molar refractivity (Wildman–Crippen MR) is 191 cm³/mol. The van der Waals surface area contributed by atoms with E-state index in [1.165, 1.54) is 12.1 Å². The molecular formula is C36H51F3N8O2. The largest absolute Gasteiger partial charge is 0.573 e. The van der Waals surface area contributed by atoms with Crippen molar-refractivity contribution in [3.8, 4) is 11.4 Å². The highest BCUT2D eigenvalue weighted by Crippen LogP contribution is 2.31. The monoisotopic (exact) mass is 684 g/mol. The van der Waals surface area contributed by atoms with Gasteiger partial charge in [-0.2, -0.15) is 4.98 Å². The van der Waals surface area contributed by atoms with E-state index in [-0.39, 0.29) is 34.3 Å². The summed E-state index contributed by atoms with van der Waals surface area (Å²) in [5.41, 5.74) is 20.9. The van der Waals surface area contributed by atoms with E-state index in [2.05, 4.69) is 51.9 Å². The van der Waals surface area contributed by atoms with Crippen molar-refractivity contribution in [1.82, 2.24) is 19.9 Å². The molecule has 1 atom stereocenters. The number of hydrogen-bond acceptors (Lipinski definition) is 6. The fourth-order valence-electron chi connectivity index (χ4n) is 4.83. The third-order valence-electron chi connectivity index (χ3n) is 7.62. The summed E-state index contributed by atoms with van der Waals surface area (Å²) in [7, 11) is 0. The van der Waals surface area contributed by atoms with E-state index in [0.29, 0.717) is 18.6 Å². The van der Waals surface area contributed by atoms with Gasteiger partial charge in [0.2, 0.25) is 0 Å². The average molecular weight is 685 g/mol. The van der Waals surface area contributed by atoms with Crippen LogP contribution >= 0.6 is 0 Å². The van der Waals surface area contributed by atoms with E-state index in [4.69, 9.17) is 17.2 Å². The number of aromatic amines is 1. The lowest BCUT2D eigenvalue weighted by molar-refractivity contribution is -0.274. The zero-order valence-electron chi connectivity index (χ0n) is 29.5. The molecule has 0 amide bonds. The maximum Gasteiger partial charge on any atom is 0.573 e. The number of aliphatic imine (C=N–C) groups is 1. The summed E-state index contributed by atoms with van der Waals surface area (Å²) >= 11 is 0. The van der Waals surface area contributed by atoms with Gasteiger partial charge >= 0.3 is 12.1 Å². The summed E-state index contributed by atoms with van der Waals surface area (Å²) in [6, 6.07) is 14.8. The SMILES string of the molecule is CC(C)(C)c1cc2cn(-c3ccc(CNCCCN=C(N)N)cc3)c(=O)nc2[nH]1.C[C@H](N)CCc1cc(OC(F)(F)F)cc(C(C)(C)C)c1. The second-order valence-electron chi connectivity index (χ2n) is 14.3. The minimum atomic E-state index is -4.67. The van der Waals surface area contributed by atoms with Crippen LogP contribution in [0.2, 0.25) is 0 Å². The van der Waals surface area contributed by atoms with Gasteiger partial charge < -0.3 is 32.2 Å². The van der Waals surface area contributed by atoms with E-state index in [1.807, 2.05) is 64.2 Å². The van der Waals surface area contributed by atoms with Gasteiger partial charge in [-0.1, -0.05) is 59.7 Å². The number of H-pyrrole nitrogens is 1. The van der Waals surface area contributed by atoms with Crippen molar-refractivity contribution < 1.29 is 17.9 Å². The molecule has 8 N–H and O–H groups in total. The Morgan fingerprint density at radius 2 is 1.67 bits per heavy atom. The Morgan fingerprint density at radius 3 is 2.24 bits per heavy atom. The molecule has 4 rings (SSSR count). The number of fused-ring (bicyclic) bond motifs is 1. The Bertz CT molecular complexity index is 1740. The smallest absolute Gasteiger partial charge is 0.406 e. The molecule has 4 aromatic rings. The number of nitrogens with one attached hydrogen (secondary N) is 2. The highest BCUT2D eigenvalue weighted by Gasteiger charge is 2.31. The Morgan fingerprint density at radius 1 is 1.00 bits per heavy atom. The predicted octanol–water partition coefficient (Wildman–Crippen LogP) is 5.93. The number of nitrogens with two attached hydrogens (primary N) is 3. The Labute approximate surface area is 286 Å². The van der Waals surface area contributed by atoms with Crippen LogP contribution in [0.4, 0.5) is 13.2 Å². The van der Waals surface area contributed by atoms with Crippen LogP contribution in [-0.4, -0.2) is 46.0 Å². The normalized spacial score (nSPS) is 12.7. The molecule has 0 radical (unpaired) electrons. The zero-order chi connectivity index (χ0) is 36.6. The van der Waals surface area contributed by atoms with Gasteiger partial charge in [-0.15, -0.1) is 13.2 Å². The van der Waals surface area contributed by atoms with Gasteiger partial charge in [0.15, 0.2) is 5.96 Å². The van der Waals surface area contributed by atoms with Crippen molar-refractivity contribution in [3.05, 3.63) is 87.6 Å². The van der Waals surface area contributed by atoms with Crippen LogP contribution in [0, 0.1) is 0 Å². The van der Waals surface area contributed by atoms with Gasteiger partial charge in [-0.05, 0) is 85.2 Å². The number of alkyl halides is 3. The van der Waals surface area contributed by atoms with Crippen LogP contribution in [0.15, 0.2) is 64.5 Å². The summed E-state index contributed by atoms with van der Waals surface area (Å²) in [6.07, 6.45) is -0.610. The van der Waals surface area contributed by atoms with Crippen molar-refractivity contribution in [1.29, 1.82) is 0 Å². The van der Waals surface area contributed by atoms with Crippen LogP contribution in [0.3, 0.4) is 0 Å². The van der Waals surface area contributed by atoms with Gasteiger partial charge in [0.1, 0.15) is 11.4 Å². The summed E-state index contributed by atoms with van der Waals surface area (Å²) in [6.45, 7) is 16.3. The highest BCUT2D eigenvalue weighted by atomic mass is 19.4. The maximum absolute atomic E-state index is 12.5. The Balaban J connectivity index is 0.000000286. The van der Waals surface area contributed by atoms with Crippen LogP contribution in [0.1, 0.15) is 83.7 Å². The quantitative estimate of drug-likeness (QED) is 0.0743. The van der Waals surface area contributed by atoms with Crippen molar-refractivity contribution in [2.24, 2.45) is 22.2 Å². The van der Waals surface area contributed by atoms with Gasteiger partial charge in [0.05, 0.1) is 5.69 Å². The highest BCUT2D eigenvalue weighted by molar-refractivity contribution is 5.76. The standard InChI is InChI=1S/C21H29N7O.C15H22F3NO/c1-21(2,3)17-11-15-13-28(20(29)27-18(15)26-17)16-7-5-14(6-8-16)12-24-9-4-10-25-19(22)23;1-10(19)5-6-11-7-12(14(2,3)4)9-13(8-11)20-15(16,17)18/h5-8,11,13,24H,4,9-10,12H2,1-3H3,(H4,22,23,25)(H,26,27,29);7-10H,5-6,19H2,1-4H3/t;10-/m.0/s1. The lowest BCUT2D eigenvalue weighted by Crippen LogP contribution is -2.23. The van der Waals surface area contributed by atoms with Gasteiger partial charge in [0, 0.05) is 41.8 Å². The Kier molecular flexibility index (Phi) is 13.0. The molecule has 0 saturated heterocycles. The van der Waals surface area contributed by atoms with E-state index in [9.17, 15) is 18.0 Å². The molecule has 0 saturated carbocycles. The van der Waals surface area contributed by atoms with E-state index < -0.39 is 6.36 Å². The number of rotatable bonds is 11. The molecule has 268 valence electrons. The molecule has 49 heavy (non-hydrogen) atoms. The lowest BCUT2D eigenvalue weighted by atomic mass is 9.85. The number of benzene rings is 2. The third kappa shape index (κ3) is 12.9. The number of halogens is 3. The number of ether oxygens (including phenoxy) is 1. The second-order valence-corrected chi connectivity index (χ2v) is 14.3. The minimum absolute atomic E-state index is 0.0141. The fraction of sp³-hybridized carbons (Fsp3) is 0.472. The molecule has 0 aliphatic carbocycles. The molecule has 0 spiro atoms. The number of hydrogen-bond donors (Lipinski definition) is 5. The number of nitrogens with zero attached hydrogens (tertiary/aromatic N) is 3. The van der Waals surface area contributed by atoms with Crippen LogP contribution in [-0.2, 0) is 23.8 Å². The first kappa shape index (κ1) is 39.1. The van der Waals surface area contributed by atoms with Crippen molar-refractivity contribution in [3.63, 3.8) is 0 Å². The fourth-order valence-corrected chi connectivity index (χ4v) is 4.83. The Hall–Kier alpha value is -4.36. The van der Waals surface area contributed by atoms with Crippen molar-refractivity contribution in [2.75, 3.05) is 13.1 Å². The van der Waals surface area contributed by atoms with E-state index in [0.717, 1.165) is 59.4 Å². The van der Waals surface area contributed by atoms with Crippen molar-refractivity contribution >= 4 is 17.0 Å². The molecule has 0 fully saturated rings. The first-order valence-corrected chi connectivity index (χ1v) is 16.4. The summed E-state index contributed by atoms with van der Waals surface area (Å²) in [5, 5.41) is 4.27. The molecule has 0 bridgehead atoms. The summed E-state index contributed by atoms with van der Waals surface area (Å²) < 4.78 is 42.8. The molecule has 2 aromatic heterocycles. The van der Waals surface area contributed by atoms with Gasteiger partial charge in [0.25, 0.3) is 0 Å². The molecule has 2 aromatic carbocycles. The van der Waals surface area contributed by atoms with Crippen LogP contribution in [0.5, 0.6) is 5.75 Å². The minimum Gasteiger partial charge on any atom is -0.406 e.